The van der Waals surface area contributed by atoms with Gasteiger partial charge in [-0.05, 0) is 11.1 Å². The minimum atomic E-state index is -2.86. The van der Waals surface area contributed by atoms with Crippen molar-refractivity contribution in [1.82, 2.24) is 0 Å². The second kappa shape index (κ2) is 10.1. The molecule has 0 aliphatic rings. The van der Waals surface area contributed by atoms with Gasteiger partial charge in [-0.15, -0.1) is 0 Å². The molecule has 0 aliphatic heterocycles. The van der Waals surface area contributed by atoms with E-state index in [0.717, 1.165) is 0 Å². The van der Waals surface area contributed by atoms with Crippen molar-refractivity contribution < 1.29 is 64.7 Å². The summed E-state index contributed by atoms with van der Waals surface area (Å²) >= 11 is -2.86. The van der Waals surface area contributed by atoms with Crippen molar-refractivity contribution >= 4 is 11.4 Å². The average Bonchev–Trinajstić information content (AvgIpc) is 2.31. The molecule has 1 atom stereocenters. The van der Waals surface area contributed by atoms with E-state index in [1.807, 2.05) is 12.1 Å². The smallest absolute Gasteiger partial charge is 0.750 e. The van der Waals surface area contributed by atoms with Crippen molar-refractivity contribution in [2.45, 2.75) is 0 Å². The van der Waals surface area contributed by atoms with Crippen LogP contribution >= 0.6 is 0 Å². The zero-order chi connectivity index (χ0) is 11.8. The third-order valence-electron chi connectivity index (χ3n) is 1.88. The van der Waals surface area contributed by atoms with Crippen LogP contribution in [0.5, 0.6) is 0 Å². The second-order valence-corrected chi connectivity index (χ2v) is 3.38. The molecule has 0 spiro atoms. The fourth-order valence-corrected chi connectivity index (χ4v) is 1.26. The van der Waals surface area contributed by atoms with Crippen molar-refractivity contribution in [3.05, 3.63) is 60.7 Å². The van der Waals surface area contributed by atoms with Gasteiger partial charge >= 0.3 is 51.4 Å². The molecule has 0 heterocycles. The van der Waals surface area contributed by atoms with E-state index < -0.39 is 11.4 Å². The van der Waals surface area contributed by atoms with Gasteiger partial charge in [0.05, 0.1) is 11.4 Å². The van der Waals surface area contributed by atoms with E-state index in [9.17, 15) is 0 Å². The number of hydrogen-bond donors (Lipinski definition) is 1. The maximum atomic E-state index is 8.56. The number of benzene rings is 2. The van der Waals surface area contributed by atoms with Gasteiger partial charge in [-0.1, -0.05) is 60.7 Å². The van der Waals surface area contributed by atoms with Crippen LogP contribution < -0.4 is 51.4 Å². The van der Waals surface area contributed by atoms with Gasteiger partial charge < -0.3 is 9.11 Å². The predicted molar refractivity (Wildman–Crippen MR) is 63.4 cm³/mol. The molecular formula is C12H11KO3S. The molecule has 0 saturated carbocycles. The topological polar surface area (TPSA) is 60.4 Å². The van der Waals surface area contributed by atoms with Gasteiger partial charge in [-0.3, -0.25) is 0 Å². The molecule has 0 fully saturated rings. The van der Waals surface area contributed by atoms with Crippen molar-refractivity contribution in [3.63, 3.8) is 0 Å². The first-order chi connectivity index (χ1) is 7.70. The molecule has 0 aromatic heterocycles. The van der Waals surface area contributed by atoms with Crippen LogP contribution in [0.15, 0.2) is 60.7 Å². The van der Waals surface area contributed by atoms with Crippen molar-refractivity contribution in [1.29, 1.82) is 0 Å². The number of rotatable bonds is 1. The third kappa shape index (κ3) is 7.96. The van der Waals surface area contributed by atoms with Crippen LogP contribution in [-0.2, 0) is 11.4 Å². The summed E-state index contributed by atoms with van der Waals surface area (Å²) in [4.78, 5) is 0. The van der Waals surface area contributed by atoms with E-state index >= 15 is 0 Å². The Morgan fingerprint density at radius 3 is 1.29 bits per heavy atom. The fraction of sp³-hybridized carbons (Fsp3) is 0. The van der Waals surface area contributed by atoms with Crippen LogP contribution in [-0.4, -0.2) is 13.3 Å². The van der Waals surface area contributed by atoms with Crippen LogP contribution in [0.4, 0.5) is 0 Å². The monoisotopic (exact) mass is 274 g/mol. The van der Waals surface area contributed by atoms with Gasteiger partial charge in [0.15, 0.2) is 0 Å². The standard InChI is InChI=1S/C12H10.K.H2O3S/c1-3-7-11(8-4-1)12-9-5-2-6-10-12;;1-4(2)3/h1-10H;;(H2,1,2,3)/q;+1;/p-1. The molecule has 5 heteroatoms. The summed E-state index contributed by atoms with van der Waals surface area (Å²) in [5.74, 6) is 0. The maximum absolute atomic E-state index is 8.56. The van der Waals surface area contributed by atoms with E-state index in [2.05, 4.69) is 48.5 Å². The Bertz CT molecular complexity index is 393. The summed E-state index contributed by atoms with van der Waals surface area (Å²) < 4.78 is 24.1. The van der Waals surface area contributed by atoms with E-state index in [-0.39, 0.29) is 51.4 Å². The largest absolute Gasteiger partial charge is 1.00 e. The second-order valence-electron chi connectivity index (χ2n) is 2.95. The van der Waals surface area contributed by atoms with Gasteiger partial charge in [0, 0.05) is 0 Å². The minimum Gasteiger partial charge on any atom is -0.750 e. The summed E-state index contributed by atoms with van der Waals surface area (Å²) in [6.45, 7) is 0. The van der Waals surface area contributed by atoms with Gasteiger partial charge in [-0.25, -0.2) is 4.21 Å². The zero-order valence-electron chi connectivity index (χ0n) is 9.45. The van der Waals surface area contributed by atoms with E-state index in [0.29, 0.717) is 0 Å². The summed E-state index contributed by atoms with van der Waals surface area (Å²) in [6.07, 6.45) is 0. The third-order valence-corrected chi connectivity index (χ3v) is 1.88. The van der Waals surface area contributed by atoms with E-state index in [1.165, 1.54) is 11.1 Å². The van der Waals surface area contributed by atoms with E-state index in [1.54, 1.807) is 0 Å². The summed E-state index contributed by atoms with van der Waals surface area (Å²) in [7, 11) is 0. The van der Waals surface area contributed by atoms with Crippen molar-refractivity contribution in [3.8, 4) is 11.1 Å². The van der Waals surface area contributed by atoms with Crippen molar-refractivity contribution in [2.24, 2.45) is 0 Å². The Hall–Kier alpha value is 0.146. The molecule has 1 N–H and O–H groups in total. The molecule has 2 aromatic rings. The number of hydrogen-bond acceptors (Lipinski definition) is 2. The Morgan fingerprint density at radius 1 is 0.824 bits per heavy atom. The van der Waals surface area contributed by atoms with Crippen LogP contribution in [0.3, 0.4) is 0 Å². The Balaban J connectivity index is 0.000000453. The quantitative estimate of drug-likeness (QED) is 0.573. The maximum Gasteiger partial charge on any atom is 1.00 e. The molecule has 0 saturated heterocycles. The summed E-state index contributed by atoms with van der Waals surface area (Å²) in [5, 5.41) is 0. The predicted octanol–water partition coefficient (Wildman–Crippen LogP) is -0.304. The fourth-order valence-electron chi connectivity index (χ4n) is 1.26. The van der Waals surface area contributed by atoms with Gasteiger partial charge in [0.2, 0.25) is 0 Å². The molecule has 0 radical (unpaired) electrons. The Morgan fingerprint density at radius 2 is 1.06 bits per heavy atom. The normalized spacial score (nSPS) is 10.5. The first kappa shape index (κ1) is 17.1. The molecule has 0 bridgehead atoms. The molecule has 84 valence electrons. The molecule has 2 rings (SSSR count). The van der Waals surface area contributed by atoms with Crippen LogP contribution in [0.25, 0.3) is 11.1 Å². The molecular weight excluding hydrogens is 263 g/mol. The van der Waals surface area contributed by atoms with E-state index in [4.69, 9.17) is 13.3 Å². The van der Waals surface area contributed by atoms with Gasteiger partial charge in [0.25, 0.3) is 0 Å². The first-order valence-electron chi connectivity index (χ1n) is 4.59. The van der Waals surface area contributed by atoms with Gasteiger partial charge in [0.1, 0.15) is 0 Å². The molecule has 2 aromatic carbocycles. The van der Waals surface area contributed by atoms with Crippen LogP contribution in [0, 0.1) is 0 Å². The Labute approximate surface area is 146 Å². The summed E-state index contributed by atoms with van der Waals surface area (Å²) in [6, 6.07) is 20.8. The molecule has 0 amide bonds. The average molecular weight is 274 g/mol. The van der Waals surface area contributed by atoms with Crippen LogP contribution in [0.1, 0.15) is 0 Å². The molecule has 17 heavy (non-hydrogen) atoms. The molecule has 0 aliphatic carbocycles. The minimum absolute atomic E-state index is 0. The van der Waals surface area contributed by atoms with Gasteiger partial charge in [-0.2, -0.15) is 0 Å². The van der Waals surface area contributed by atoms with Crippen molar-refractivity contribution in [2.75, 3.05) is 0 Å². The first-order valence-corrected chi connectivity index (χ1v) is 5.62. The van der Waals surface area contributed by atoms with Crippen LogP contribution in [0.2, 0.25) is 0 Å². The molecule has 3 nitrogen and oxygen atoms in total. The zero-order valence-corrected chi connectivity index (χ0v) is 13.4. The Kier molecular flexibility index (Phi) is 10.2. The summed E-state index contributed by atoms with van der Waals surface area (Å²) in [5.41, 5.74) is 2.55. The molecule has 1 unspecified atom stereocenters. The SMILES string of the molecule is O=S([O-])O.[K+].c1ccc(-c2ccccc2)cc1.